The summed E-state index contributed by atoms with van der Waals surface area (Å²) in [5.74, 6) is 5.62. The van der Waals surface area contributed by atoms with Crippen LogP contribution in [0.1, 0.15) is 48.7 Å². The second kappa shape index (κ2) is 8.33. The number of aromatic nitrogens is 2. The second-order valence-electron chi connectivity index (χ2n) is 5.48. The summed E-state index contributed by atoms with van der Waals surface area (Å²) in [5.41, 5.74) is 4.90. The van der Waals surface area contributed by atoms with Crippen LogP contribution in [0.15, 0.2) is 24.3 Å². The largest absolute Gasteiger partial charge is 0.494 e. The average molecular weight is 316 g/mol. The van der Waals surface area contributed by atoms with E-state index in [0.717, 1.165) is 35.6 Å². The highest BCUT2D eigenvalue weighted by molar-refractivity contribution is 5.94. The van der Waals surface area contributed by atoms with E-state index in [1.807, 2.05) is 31.2 Å². The number of hydrogen-bond acceptors (Lipinski definition) is 4. The molecule has 0 fully saturated rings. The highest BCUT2D eigenvalue weighted by Gasteiger charge is 2.15. The number of benzene rings is 1. The Morgan fingerprint density at radius 1 is 1.26 bits per heavy atom. The predicted octanol–water partition coefficient (Wildman–Crippen LogP) is 2.95. The van der Waals surface area contributed by atoms with E-state index >= 15 is 0 Å². The zero-order valence-electron chi connectivity index (χ0n) is 13.7. The van der Waals surface area contributed by atoms with E-state index in [1.54, 1.807) is 0 Å². The van der Waals surface area contributed by atoms with Gasteiger partial charge in [0.1, 0.15) is 11.4 Å². The van der Waals surface area contributed by atoms with Gasteiger partial charge in [0.15, 0.2) is 0 Å². The number of aromatic amines is 1. The minimum absolute atomic E-state index is 0.374. The summed E-state index contributed by atoms with van der Waals surface area (Å²) in [4.78, 5) is 11.6. The summed E-state index contributed by atoms with van der Waals surface area (Å²) in [5, 5.41) is 6.92. The van der Waals surface area contributed by atoms with Gasteiger partial charge >= 0.3 is 0 Å². The van der Waals surface area contributed by atoms with E-state index in [9.17, 15) is 4.79 Å². The minimum Gasteiger partial charge on any atom is -0.494 e. The Bertz CT molecular complexity index is 635. The first-order valence-electron chi connectivity index (χ1n) is 7.96. The number of carbonyl (C=O) groups excluding carboxylic acids is 1. The molecule has 0 aliphatic carbocycles. The van der Waals surface area contributed by atoms with Crippen molar-refractivity contribution in [2.24, 2.45) is 5.84 Å². The lowest BCUT2D eigenvalue weighted by Crippen LogP contribution is -2.30. The van der Waals surface area contributed by atoms with Gasteiger partial charge in [0.25, 0.3) is 5.91 Å². The molecule has 0 radical (unpaired) electrons. The first-order valence-corrected chi connectivity index (χ1v) is 7.96. The van der Waals surface area contributed by atoms with Gasteiger partial charge in [-0.2, -0.15) is 5.10 Å². The first-order chi connectivity index (χ1) is 11.2. The van der Waals surface area contributed by atoms with Crippen LogP contribution in [-0.4, -0.2) is 22.7 Å². The Labute approximate surface area is 136 Å². The maximum atomic E-state index is 11.6. The number of unbranched alkanes of at least 4 members (excludes halogenated alkanes) is 3. The topological polar surface area (TPSA) is 93.0 Å². The van der Waals surface area contributed by atoms with Crippen LogP contribution >= 0.6 is 0 Å². The van der Waals surface area contributed by atoms with Crippen molar-refractivity contribution in [1.82, 2.24) is 15.6 Å². The number of H-pyrrole nitrogens is 1. The smallest absolute Gasteiger partial charge is 0.283 e. The Kier molecular flexibility index (Phi) is 6.17. The molecule has 1 amide bonds. The number of carbonyl (C=O) groups is 1. The minimum atomic E-state index is -0.381. The molecule has 1 aromatic carbocycles. The standard InChI is InChI=1S/C17H24N4O2/c1-3-4-5-6-11-23-14-9-7-13(8-10-14)15-12(2)16(21-20-15)17(22)19-18/h7-10H,3-6,11,18H2,1-2H3,(H,19,22)(H,20,21). The van der Waals surface area contributed by atoms with Crippen LogP contribution in [-0.2, 0) is 0 Å². The van der Waals surface area contributed by atoms with Gasteiger partial charge in [0.2, 0.25) is 0 Å². The summed E-state index contributed by atoms with van der Waals surface area (Å²) < 4.78 is 5.73. The van der Waals surface area contributed by atoms with Gasteiger partial charge in [0, 0.05) is 11.1 Å². The molecule has 1 aromatic heterocycles. The third-order valence-corrected chi connectivity index (χ3v) is 3.76. The van der Waals surface area contributed by atoms with E-state index in [1.165, 1.54) is 19.3 Å². The molecule has 124 valence electrons. The van der Waals surface area contributed by atoms with Crippen LogP contribution in [0.25, 0.3) is 11.3 Å². The molecule has 6 nitrogen and oxygen atoms in total. The zero-order chi connectivity index (χ0) is 16.7. The normalized spacial score (nSPS) is 10.6. The number of ether oxygens (including phenoxy) is 1. The SMILES string of the molecule is CCCCCCOc1ccc(-c2n[nH]c(C(=O)NN)c2C)cc1. The molecular formula is C17H24N4O2. The molecule has 2 aromatic rings. The summed E-state index contributed by atoms with van der Waals surface area (Å²) >= 11 is 0. The van der Waals surface area contributed by atoms with Gasteiger partial charge in [0.05, 0.1) is 12.3 Å². The summed E-state index contributed by atoms with van der Waals surface area (Å²) in [6.07, 6.45) is 4.75. The molecule has 1 heterocycles. The van der Waals surface area contributed by atoms with Crippen LogP contribution in [0.5, 0.6) is 5.75 Å². The molecular weight excluding hydrogens is 292 g/mol. The summed E-state index contributed by atoms with van der Waals surface area (Å²) in [7, 11) is 0. The monoisotopic (exact) mass is 316 g/mol. The molecule has 0 saturated carbocycles. The van der Waals surface area contributed by atoms with Gasteiger partial charge in [-0.25, -0.2) is 5.84 Å². The highest BCUT2D eigenvalue weighted by Crippen LogP contribution is 2.25. The van der Waals surface area contributed by atoms with E-state index in [-0.39, 0.29) is 5.91 Å². The van der Waals surface area contributed by atoms with Crippen LogP contribution in [0.4, 0.5) is 0 Å². The number of hydrogen-bond donors (Lipinski definition) is 3. The number of hydrazine groups is 1. The van der Waals surface area contributed by atoms with Crippen molar-refractivity contribution in [3.05, 3.63) is 35.5 Å². The lowest BCUT2D eigenvalue weighted by atomic mass is 10.1. The molecule has 0 bridgehead atoms. The predicted molar refractivity (Wildman–Crippen MR) is 90.1 cm³/mol. The molecule has 4 N–H and O–H groups in total. The van der Waals surface area contributed by atoms with Crippen molar-refractivity contribution in [3.63, 3.8) is 0 Å². The molecule has 0 unspecified atom stereocenters. The van der Waals surface area contributed by atoms with Gasteiger partial charge in [-0.3, -0.25) is 15.3 Å². The maximum Gasteiger partial charge on any atom is 0.283 e. The van der Waals surface area contributed by atoms with Crippen molar-refractivity contribution in [2.75, 3.05) is 6.61 Å². The van der Waals surface area contributed by atoms with Crippen molar-refractivity contribution >= 4 is 5.91 Å². The van der Waals surface area contributed by atoms with Crippen LogP contribution in [0.3, 0.4) is 0 Å². The molecule has 23 heavy (non-hydrogen) atoms. The summed E-state index contributed by atoms with van der Waals surface area (Å²) in [6.45, 7) is 4.77. The van der Waals surface area contributed by atoms with E-state index in [0.29, 0.717) is 5.69 Å². The lowest BCUT2D eigenvalue weighted by Gasteiger charge is -2.07. The fraction of sp³-hybridized carbons (Fsp3) is 0.412. The molecule has 6 heteroatoms. The molecule has 0 aliphatic heterocycles. The number of nitrogens with two attached hydrogens (primary N) is 1. The second-order valence-corrected chi connectivity index (χ2v) is 5.48. The third kappa shape index (κ3) is 4.32. The Hall–Kier alpha value is -2.34. The Morgan fingerprint density at radius 2 is 2.00 bits per heavy atom. The van der Waals surface area contributed by atoms with Crippen molar-refractivity contribution in [2.45, 2.75) is 39.5 Å². The quantitative estimate of drug-likeness (QED) is 0.302. The van der Waals surface area contributed by atoms with Crippen LogP contribution < -0.4 is 16.0 Å². The average Bonchev–Trinajstić information content (AvgIpc) is 2.96. The van der Waals surface area contributed by atoms with Gasteiger partial charge in [-0.15, -0.1) is 0 Å². The number of nitrogen functional groups attached to an aromatic ring is 1. The molecule has 0 aliphatic rings. The first kappa shape index (κ1) is 17.0. The molecule has 2 rings (SSSR count). The van der Waals surface area contributed by atoms with Crippen molar-refractivity contribution in [3.8, 4) is 17.0 Å². The number of nitrogens with one attached hydrogen (secondary N) is 2. The third-order valence-electron chi connectivity index (χ3n) is 3.76. The number of nitrogens with zero attached hydrogens (tertiary/aromatic N) is 1. The van der Waals surface area contributed by atoms with Gasteiger partial charge < -0.3 is 4.74 Å². The molecule has 0 atom stereocenters. The van der Waals surface area contributed by atoms with Gasteiger partial charge in [-0.1, -0.05) is 26.2 Å². The van der Waals surface area contributed by atoms with E-state index in [2.05, 4.69) is 22.5 Å². The van der Waals surface area contributed by atoms with Crippen molar-refractivity contribution in [1.29, 1.82) is 0 Å². The maximum absolute atomic E-state index is 11.6. The van der Waals surface area contributed by atoms with Gasteiger partial charge in [-0.05, 0) is 37.6 Å². The highest BCUT2D eigenvalue weighted by atomic mass is 16.5. The van der Waals surface area contributed by atoms with E-state index < -0.39 is 0 Å². The molecule has 0 saturated heterocycles. The number of rotatable bonds is 8. The van der Waals surface area contributed by atoms with E-state index in [4.69, 9.17) is 10.6 Å². The number of amides is 1. The summed E-state index contributed by atoms with van der Waals surface area (Å²) in [6, 6.07) is 7.72. The zero-order valence-corrected chi connectivity index (χ0v) is 13.7. The van der Waals surface area contributed by atoms with Crippen molar-refractivity contribution < 1.29 is 9.53 Å². The Morgan fingerprint density at radius 3 is 2.65 bits per heavy atom. The fourth-order valence-electron chi connectivity index (χ4n) is 2.40. The van der Waals surface area contributed by atoms with Crippen LogP contribution in [0.2, 0.25) is 0 Å². The molecule has 0 spiro atoms. The van der Waals surface area contributed by atoms with Crippen LogP contribution in [0, 0.1) is 6.92 Å². The lowest BCUT2D eigenvalue weighted by molar-refractivity contribution is 0.0948. The fourth-order valence-corrected chi connectivity index (χ4v) is 2.40. The Balaban J connectivity index is 2.00.